The largest absolute Gasteiger partial charge is 0.360 e. The van der Waals surface area contributed by atoms with Crippen LogP contribution in [-0.2, 0) is 38.8 Å². The van der Waals surface area contributed by atoms with Crippen LogP contribution in [0.15, 0.2) is 70.5 Å². The van der Waals surface area contributed by atoms with Gasteiger partial charge in [0.15, 0.2) is 5.28 Å². The lowest BCUT2D eigenvalue weighted by Gasteiger charge is -2.40. The molecular formula is C27H36NO8PS2. The molecule has 39 heavy (non-hydrogen) atoms. The van der Waals surface area contributed by atoms with Gasteiger partial charge in [0.2, 0.25) is 25.6 Å². The highest BCUT2D eigenvalue weighted by Gasteiger charge is 2.58. The van der Waals surface area contributed by atoms with Crippen molar-refractivity contribution in [3.63, 3.8) is 0 Å². The Morgan fingerprint density at radius 1 is 0.821 bits per heavy atom. The summed E-state index contributed by atoms with van der Waals surface area (Å²) in [4.78, 5) is 12.7. The number of sulfonamides is 1. The third kappa shape index (κ3) is 6.96. The van der Waals surface area contributed by atoms with Crippen molar-refractivity contribution < 1.29 is 35.2 Å². The Bertz CT molecular complexity index is 1440. The molecule has 0 saturated heterocycles. The Balaban J connectivity index is 2.34. The van der Waals surface area contributed by atoms with Gasteiger partial charge < -0.3 is 9.05 Å². The maximum absolute atomic E-state index is 14.9. The Morgan fingerprint density at radius 3 is 1.90 bits per heavy atom. The molecule has 214 valence electrons. The summed E-state index contributed by atoms with van der Waals surface area (Å²) in [6.07, 6.45) is 6.07. The zero-order chi connectivity index (χ0) is 28.7. The molecule has 2 aromatic rings. The molecule has 12 heteroatoms. The van der Waals surface area contributed by atoms with Gasteiger partial charge in [-0.2, -0.15) is 4.72 Å². The van der Waals surface area contributed by atoms with E-state index in [2.05, 4.69) is 4.72 Å². The molecule has 0 spiro atoms. The van der Waals surface area contributed by atoms with Gasteiger partial charge in [-0.05, 0) is 31.1 Å². The minimum absolute atomic E-state index is 0.00162. The molecule has 0 amide bonds. The highest BCUT2D eigenvalue weighted by molar-refractivity contribution is 7.96. The van der Waals surface area contributed by atoms with E-state index in [0.717, 1.165) is 38.0 Å². The van der Waals surface area contributed by atoms with Crippen molar-refractivity contribution in [2.45, 2.75) is 62.5 Å². The van der Waals surface area contributed by atoms with E-state index in [9.17, 15) is 26.2 Å². The molecule has 1 N–H and O–H groups in total. The van der Waals surface area contributed by atoms with Crippen LogP contribution >= 0.6 is 7.60 Å². The summed E-state index contributed by atoms with van der Waals surface area (Å²) in [6.45, 7) is 3.94. The molecule has 0 bridgehead atoms. The Morgan fingerprint density at radius 2 is 1.36 bits per heavy atom. The number of hydrogen-bond acceptors (Lipinski definition) is 8. The summed E-state index contributed by atoms with van der Waals surface area (Å²) < 4.78 is 82.2. The zero-order valence-corrected chi connectivity index (χ0v) is 25.0. The number of carbonyl (C=O) groups excluding carboxylic acids is 1. The Hall–Kier alpha value is -2.14. The molecule has 9 nitrogen and oxygen atoms in total. The maximum Gasteiger partial charge on any atom is 0.360 e. The molecule has 1 unspecified atom stereocenters. The quantitative estimate of drug-likeness (QED) is 0.209. The molecule has 1 aliphatic rings. The van der Waals surface area contributed by atoms with Gasteiger partial charge in [-0.25, -0.2) is 16.8 Å². The second-order valence-electron chi connectivity index (χ2n) is 9.42. The van der Waals surface area contributed by atoms with E-state index in [0.29, 0.717) is 12.8 Å². The van der Waals surface area contributed by atoms with Crippen LogP contribution in [-0.4, -0.2) is 42.1 Å². The number of unbranched alkanes of at least 4 members (excludes halogenated alkanes) is 4. The average Bonchev–Trinajstić information content (AvgIpc) is 2.90. The van der Waals surface area contributed by atoms with Crippen LogP contribution in [0, 0.1) is 0 Å². The van der Waals surface area contributed by atoms with Crippen molar-refractivity contribution in [2.24, 2.45) is 0 Å². The number of carbonyl (C=O) groups is 1. The summed E-state index contributed by atoms with van der Waals surface area (Å²) in [5.74, 6) is -0.844. The lowest BCUT2D eigenvalue weighted by Crippen LogP contribution is -2.48. The fourth-order valence-electron chi connectivity index (χ4n) is 4.37. The fraction of sp³-hybridized carbons (Fsp3) is 0.444. The molecule has 2 aromatic carbocycles. The van der Waals surface area contributed by atoms with Crippen molar-refractivity contribution in [3.8, 4) is 0 Å². The first kappa shape index (κ1) is 31.4. The Kier molecular flexibility index (Phi) is 10.5. The number of allylic oxidation sites excluding steroid dienone is 1. The third-order valence-electron chi connectivity index (χ3n) is 6.28. The number of Topliss-reactive ketones (excluding diaryl/α,β-unsaturated/α-hetero) is 1. The molecule has 0 radical (unpaired) electrons. The smallest absolute Gasteiger partial charge is 0.307 e. The fourth-order valence-corrected chi connectivity index (χ4v) is 9.59. The molecule has 0 aromatic heterocycles. The first-order valence-electron chi connectivity index (χ1n) is 13.0. The number of ketones is 1. The van der Waals surface area contributed by atoms with Crippen LogP contribution in [0.2, 0.25) is 0 Å². The third-order valence-corrected chi connectivity index (χ3v) is 11.3. The van der Waals surface area contributed by atoms with Crippen LogP contribution in [0.1, 0.15) is 68.3 Å². The summed E-state index contributed by atoms with van der Waals surface area (Å²) in [5, 5.41) is -2.30. The monoisotopic (exact) mass is 597 g/mol. The van der Waals surface area contributed by atoms with Gasteiger partial charge in [-0.1, -0.05) is 82.0 Å². The first-order chi connectivity index (χ1) is 18.4. The molecule has 0 aliphatic heterocycles. The van der Waals surface area contributed by atoms with Gasteiger partial charge in [-0.3, -0.25) is 9.36 Å². The zero-order valence-electron chi connectivity index (χ0n) is 22.5. The van der Waals surface area contributed by atoms with Crippen LogP contribution in [0.3, 0.4) is 0 Å². The topological polar surface area (TPSA) is 133 Å². The van der Waals surface area contributed by atoms with Crippen LogP contribution in [0.4, 0.5) is 0 Å². The summed E-state index contributed by atoms with van der Waals surface area (Å²) >= 11 is 0. The van der Waals surface area contributed by atoms with E-state index < -0.39 is 43.4 Å². The minimum atomic E-state index is -4.54. The lowest BCUT2D eigenvalue weighted by atomic mass is 9.92. The van der Waals surface area contributed by atoms with Gasteiger partial charge >= 0.3 is 7.60 Å². The summed E-state index contributed by atoms with van der Waals surface area (Å²) in [5.41, 5.74) is -0.109. The molecular weight excluding hydrogens is 561 g/mol. The minimum Gasteiger partial charge on any atom is -0.307 e. The highest BCUT2D eigenvalue weighted by Crippen LogP contribution is 2.66. The SMILES string of the molecule is CCCCCOP(=O)(OCCCCC)C1(NS(C)(=O)=O)C=C(S(=O)(=O)c2ccccc2)C(=O)c2ccccc21. The van der Waals surface area contributed by atoms with E-state index in [1.54, 1.807) is 12.1 Å². The van der Waals surface area contributed by atoms with Crippen LogP contribution in [0.25, 0.3) is 0 Å². The van der Waals surface area contributed by atoms with Gasteiger partial charge in [-0.15, -0.1) is 0 Å². The number of rotatable bonds is 15. The molecule has 3 rings (SSSR count). The van der Waals surface area contributed by atoms with Crippen molar-refractivity contribution in [1.82, 2.24) is 4.72 Å². The van der Waals surface area contributed by atoms with Gasteiger partial charge in [0, 0.05) is 11.1 Å². The average molecular weight is 598 g/mol. The second-order valence-corrected chi connectivity index (χ2v) is 15.3. The number of benzene rings is 2. The predicted molar refractivity (Wildman–Crippen MR) is 151 cm³/mol. The molecule has 1 atom stereocenters. The maximum atomic E-state index is 14.9. The van der Waals surface area contributed by atoms with Crippen molar-refractivity contribution >= 4 is 33.2 Å². The van der Waals surface area contributed by atoms with Crippen molar-refractivity contribution in [2.75, 3.05) is 19.5 Å². The number of hydrogen-bond donors (Lipinski definition) is 1. The lowest BCUT2D eigenvalue weighted by molar-refractivity contribution is 0.103. The van der Waals surface area contributed by atoms with Crippen molar-refractivity contribution in [3.05, 3.63) is 76.7 Å². The predicted octanol–water partition coefficient (Wildman–Crippen LogP) is 5.55. The van der Waals surface area contributed by atoms with Crippen LogP contribution < -0.4 is 4.72 Å². The number of fused-ring (bicyclic) bond motifs is 1. The Labute approximate surface area is 231 Å². The van der Waals surface area contributed by atoms with Crippen LogP contribution in [0.5, 0.6) is 0 Å². The van der Waals surface area contributed by atoms with E-state index in [-0.39, 0.29) is 29.2 Å². The van der Waals surface area contributed by atoms with Gasteiger partial charge in [0.05, 0.1) is 24.4 Å². The first-order valence-corrected chi connectivity index (χ1v) is 17.9. The molecule has 1 aliphatic carbocycles. The molecule has 0 fully saturated rings. The highest BCUT2D eigenvalue weighted by atomic mass is 32.2. The number of sulfone groups is 1. The van der Waals surface area contributed by atoms with E-state index >= 15 is 0 Å². The van der Waals surface area contributed by atoms with Crippen molar-refractivity contribution in [1.29, 1.82) is 0 Å². The second kappa shape index (κ2) is 13.0. The van der Waals surface area contributed by atoms with Gasteiger partial charge in [0.25, 0.3) is 0 Å². The van der Waals surface area contributed by atoms with Gasteiger partial charge in [0.1, 0.15) is 4.91 Å². The molecule has 0 heterocycles. The summed E-state index contributed by atoms with van der Waals surface area (Å²) in [6, 6.07) is 13.2. The normalized spacial score (nSPS) is 18.0. The standard InChI is InChI=1S/C27H36NO8PS2/c1-4-6-13-19-35-37(30,36-20-14-7-5-2)27(28-38(3,31)32)21-25(26(29)23-17-11-12-18-24(23)27)39(33,34)22-15-9-8-10-16-22/h8-12,15-18,21,28H,4-7,13-14,19-20H2,1-3H3. The van der Waals surface area contributed by atoms with E-state index in [1.165, 1.54) is 42.5 Å². The van der Waals surface area contributed by atoms with E-state index in [4.69, 9.17) is 9.05 Å². The number of nitrogens with one attached hydrogen (secondary N) is 1. The summed E-state index contributed by atoms with van der Waals surface area (Å²) in [7, 11) is -13.2. The molecule has 0 saturated carbocycles. The van der Waals surface area contributed by atoms with E-state index in [1.807, 2.05) is 13.8 Å².